The molecule has 0 aliphatic rings. The van der Waals surface area contributed by atoms with E-state index in [4.69, 9.17) is 0 Å². The molecule has 0 fully saturated rings. The summed E-state index contributed by atoms with van der Waals surface area (Å²) in [4.78, 5) is 35.6. The van der Waals surface area contributed by atoms with Crippen molar-refractivity contribution in [3.63, 3.8) is 0 Å². The summed E-state index contributed by atoms with van der Waals surface area (Å²) in [5, 5.41) is 7.00. The van der Waals surface area contributed by atoms with Crippen molar-refractivity contribution in [2.45, 2.75) is 6.42 Å². The number of rotatable bonds is 6. The smallest absolute Gasteiger partial charge is 0.350 e. The Bertz CT molecular complexity index is 697. The van der Waals surface area contributed by atoms with E-state index in [9.17, 15) is 14.4 Å². The van der Waals surface area contributed by atoms with E-state index in [1.165, 1.54) is 18.4 Å². The topological polar surface area (TPSA) is 84.5 Å². The number of hydrogen-bond acceptors (Lipinski definition) is 5. The molecule has 23 heavy (non-hydrogen) atoms. The van der Waals surface area contributed by atoms with Crippen LogP contribution in [0.5, 0.6) is 0 Å². The number of anilines is 1. The fraction of sp³-hybridized carbons (Fsp3) is 0.188. The predicted molar refractivity (Wildman–Crippen MR) is 87.7 cm³/mol. The third kappa shape index (κ3) is 4.65. The van der Waals surface area contributed by atoms with E-state index >= 15 is 0 Å². The van der Waals surface area contributed by atoms with E-state index in [1.807, 2.05) is 6.07 Å². The zero-order valence-electron chi connectivity index (χ0n) is 12.5. The first-order valence-electron chi connectivity index (χ1n) is 6.90. The Morgan fingerprint density at radius 1 is 1.13 bits per heavy atom. The first kappa shape index (κ1) is 16.7. The summed E-state index contributed by atoms with van der Waals surface area (Å²) in [6.07, 6.45) is 0.106. The van der Waals surface area contributed by atoms with Crippen molar-refractivity contribution >= 4 is 34.8 Å². The molecule has 0 spiro atoms. The Labute approximate surface area is 137 Å². The molecule has 0 radical (unpaired) electrons. The third-order valence-corrected chi connectivity index (χ3v) is 3.88. The number of amides is 2. The summed E-state index contributed by atoms with van der Waals surface area (Å²) >= 11 is 1.19. The molecular weight excluding hydrogens is 316 g/mol. The highest BCUT2D eigenvalue weighted by molar-refractivity contribution is 7.12. The maximum Gasteiger partial charge on any atom is 0.350 e. The number of hydrogen-bond donors (Lipinski definition) is 2. The highest BCUT2D eigenvalue weighted by Gasteiger charge is 2.15. The van der Waals surface area contributed by atoms with Gasteiger partial charge in [-0.15, -0.1) is 11.3 Å². The number of nitrogens with one attached hydrogen (secondary N) is 2. The summed E-state index contributed by atoms with van der Waals surface area (Å²) in [5.74, 6) is -1.02. The van der Waals surface area contributed by atoms with E-state index in [0.29, 0.717) is 16.1 Å². The van der Waals surface area contributed by atoms with Gasteiger partial charge in [0.1, 0.15) is 4.88 Å². The molecule has 1 aromatic carbocycles. The van der Waals surface area contributed by atoms with Crippen LogP contribution in [0.4, 0.5) is 5.69 Å². The van der Waals surface area contributed by atoms with Crippen molar-refractivity contribution in [3.05, 3.63) is 52.2 Å². The molecule has 2 rings (SSSR count). The fourth-order valence-electron chi connectivity index (χ4n) is 1.85. The van der Waals surface area contributed by atoms with Gasteiger partial charge in [-0.1, -0.05) is 18.2 Å². The number of carbonyl (C=O) groups is 3. The molecular formula is C16H16N2O4S. The summed E-state index contributed by atoms with van der Waals surface area (Å²) in [6, 6.07) is 10.4. The molecule has 0 saturated heterocycles. The molecule has 0 saturated carbocycles. The van der Waals surface area contributed by atoms with Gasteiger partial charge in [-0.3, -0.25) is 9.59 Å². The second-order valence-electron chi connectivity index (χ2n) is 4.58. The normalized spacial score (nSPS) is 9.96. The van der Waals surface area contributed by atoms with Gasteiger partial charge in [0.2, 0.25) is 5.91 Å². The van der Waals surface area contributed by atoms with Gasteiger partial charge in [0.05, 0.1) is 12.8 Å². The molecule has 0 atom stereocenters. The summed E-state index contributed by atoms with van der Waals surface area (Å²) in [7, 11) is 1.28. The monoisotopic (exact) mass is 332 g/mol. The zero-order chi connectivity index (χ0) is 16.7. The molecule has 0 bridgehead atoms. The van der Waals surface area contributed by atoms with Crippen LogP contribution in [0.15, 0.2) is 41.8 Å². The van der Waals surface area contributed by atoms with Crippen molar-refractivity contribution in [1.29, 1.82) is 0 Å². The van der Waals surface area contributed by atoms with Gasteiger partial charge in [-0.05, 0) is 23.6 Å². The molecule has 120 valence electrons. The number of carbonyl (C=O) groups excluding carboxylic acids is 3. The van der Waals surface area contributed by atoms with Crippen molar-refractivity contribution in [2.24, 2.45) is 0 Å². The molecule has 6 nitrogen and oxygen atoms in total. The molecule has 1 aromatic heterocycles. The van der Waals surface area contributed by atoms with Crippen LogP contribution < -0.4 is 10.6 Å². The molecule has 0 aliphatic heterocycles. The van der Waals surface area contributed by atoms with Crippen molar-refractivity contribution in [3.8, 4) is 0 Å². The van der Waals surface area contributed by atoms with Gasteiger partial charge < -0.3 is 15.4 Å². The third-order valence-electron chi connectivity index (χ3n) is 2.98. The average molecular weight is 332 g/mol. The molecule has 0 unspecified atom stereocenters. The van der Waals surface area contributed by atoms with Gasteiger partial charge in [-0.25, -0.2) is 4.79 Å². The number of esters is 1. The van der Waals surface area contributed by atoms with E-state index in [1.54, 1.807) is 35.7 Å². The number of thiophene rings is 1. The van der Waals surface area contributed by atoms with Crippen LogP contribution in [0.3, 0.4) is 0 Å². The highest BCUT2D eigenvalue weighted by Crippen LogP contribution is 2.23. The van der Waals surface area contributed by atoms with E-state index < -0.39 is 5.97 Å². The molecule has 1 heterocycles. The minimum atomic E-state index is -0.493. The number of ether oxygens (including phenoxy) is 1. The van der Waals surface area contributed by atoms with Crippen molar-refractivity contribution in [2.75, 3.05) is 19.0 Å². The van der Waals surface area contributed by atoms with E-state index in [-0.39, 0.29) is 24.8 Å². The average Bonchev–Trinajstić information content (AvgIpc) is 3.02. The first-order chi connectivity index (χ1) is 11.1. The van der Waals surface area contributed by atoms with Crippen LogP contribution in [0, 0.1) is 0 Å². The van der Waals surface area contributed by atoms with Crippen LogP contribution in [0.25, 0.3) is 0 Å². The quantitative estimate of drug-likeness (QED) is 0.795. The first-order valence-corrected chi connectivity index (χ1v) is 7.78. The minimum Gasteiger partial charge on any atom is -0.465 e. The molecule has 2 N–H and O–H groups in total. The summed E-state index contributed by atoms with van der Waals surface area (Å²) in [5.41, 5.74) is 0.958. The SMILES string of the molecule is COC(=O)c1sccc1NC(=O)CCNC(=O)c1ccccc1. The summed E-state index contributed by atoms with van der Waals surface area (Å²) in [6.45, 7) is 0.206. The maximum absolute atomic E-state index is 11.9. The van der Waals surface area contributed by atoms with Crippen LogP contribution in [0.2, 0.25) is 0 Å². The van der Waals surface area contributed by atoms with Crippen LogP contribution in [0.1, 0.15) is 26.5 Å². The maximum atomic E-state index is 11.9. The zero-order valence-corrected chi connectivity index (χ0v) is 13.3. The van der Waals surface area contributed by atoms with Crippen LogP contribution in [-0.2, 0) is 9.53 Å². The lowest BCUT2D eigenvalue weighted by atomic mass is 10.2. The lowest BCUT2D eigenvalue weighted by Crippen LogP contribution is -2.27. The van der Waals surface area contributed by atoms with Gasteiger partial charge in [-0.2, -0.15) is 0 Å². The Hall–Kier alpha value is -2.67. The van der Waals surface area contributed by atoms with Gasteiger partial charge in [0, 0.05) is 18.5 Å². The second-order valence-corrected chi connectivity index (χ2v) is 5.49. The van der Waals surface area contributed by atoms with Gasteiger partial charge >= 0.3 is 5.97 Å². The van der Waals surface area contributed by atoms with Crippen LogP contribution >= 0.6 is 11.3 Å². The molecule has 0 aliphatic carbocycles. The van der Waals surface area contributed by atoms with Gasteiger partial charge in [0.15, 0.2) is 0 Å². The minimum absolute atomic E-state index is 0.106. The standard InChI is InChI=1S/C16H16N2O4S/c1-22-16(21)14-12(8-10-23-14)18-13(19)7-9-17-15(20)11-5-3-2-4-6-11/h2-6,8,10H,7,9H2,1H3,(H,17,20)(H,18,19). The lowest BCUT2D eigenvalue weighted by Gasteiger charge is -2.07. The number of benzene rings is 1. The Balaban J connectivity index is 1.81. The van der Waals surface area contributed by atoms with E-state index in [0.717, 1.165) is 0 Å². The second kappa shape index (κ2) is 8.09. The number of methoxy groups -OCH3 is 1. The molecule has 2 aromatic rings. The Morgan fingerprint density at radius 3 is 2.57 bits per heavy atom. The largest absolute Gasteiger partial charge is 0.465 e. The Morgan fingerprint density at radius 2 is 1.87 bits per heavy atom. The van der Waals surface area contributed by atoms with Crippen molar-refractivity contribution in [1.82, 2.24) is 5.32 Å². The summed E-state index contributed by atoms with van der Waals surface area (Å²) < 4.78 is 4.64. The lowest BCUT2D eigenvalue weighted by molar-refractivity contribution is -0.116. The predicted octanol–water partition coefficient (Wildman–Crippen LogP) is 2.29. The molecule has 2 amide bonds. The van der Waals surface area contributed by atoms with Gasteiger partial charge in [0.25, 0.3) is 5.91 Å². The van der Waals surface area contributed by atoms with Crippen molar-refractivity contribution < 1.29 is 19.1 Å². The fourth-order valence-corrected chi connectivity index (χ4v) is 2.62. The Kier molecular flexibility index (Phi) is 5.87. The van der Waals surface area contributed by atoms with E-state index in [2.05, 4.69) is 15.4 Å². The molecule has 7 heteroatoms. The van der Waals surface area contributed by atoms with Crippen LogP contribution in [-0.4, -0.2) is 31.4 Å². The highest BCUT2D eigenvalue weighted by atomic mass is 32.1.